The fraction of sp³-hybridized carbons (Fsp3) is 0.571. The number of benzene rings is 1. The summed E-state index contributed by atoms with van der Waals surface area (Å²) in [6, 6.07) is 7.66. The van der Waals surface area contributed by atoms with E-state index in [1.54, 1.807) is 6.07 Å². The van der Waals surface area contributed by atoms with Crippen LogP contribution in [0.2, 0.25) is 0 Å². The van der Waals surface area contributed by atoms with Gasteiger partial charge < -0.3 is 4.89 Å². The van der Waals surface area contributed by atoms with Gasteiger partial charge in [-0.1, -0.05) is 57.2 Å². The maximum atomic E-state index is 8.69. The fourth-order valence-electron chi connectivity index (χ4n) is 1.90. The van der Waals surface area contributed by atoms with E-state index < -0.39 is 0 Å². The molecule has 1 aromatic rings. The SMILES string of the molecule is CCCCCCCCc1ccccc1OO. The van der Waals surface area contributed by atoms with Crippen LogP contribution in [-0.4, -0.2) is 5.26 Å². The highest BCUT2D eigenvalue weighted by molar-refractivity contribution is 5.32. The van der Waals surface area contributed by atoms with Crippen LogP contribution in [-0.2, 0) is 6.42 Å². The molecule has 2 heteroatoms. The molecule has 0 unspecified atom stereocenters. The first-order valence-electron chi connectivity index (χ1n) is 6.27. The van der Waals surface area contributed by atoms with Crippen LogP contribution in [0, 0.1) is 0 Å². The van der Waals surface area contributed by atoms with E-state index >= 15 is 0 Å². The standard InChI is InChI=1S/C14H22O2/c1-2-3-4-5-6-7-10-13-11-8-9-12-14(13)16-15/h8-9,11-12,15H,2-7,10H2,1H3. The van der Waals surface area contributed by atoms with E-state index in [1.165, 1.54) is 38.5 Å². The van der Waals surface area contributed by atoms with Crippen LogP contribution in [0.3, 0.4) is 0 Å². The van der Waals surface area contributed by atoms with Crippen molar-refractivity contribution in [3.05, 3.63) is 29.8 Å². The van der Waals surface area contributed by atoms with Crippen LogP contribution in [0.15, 0.2) is 24.3 Å². The molecule has 0 bridgehead atoms. The Bertz CT molecular complexity index is 284. The smallest absolute Gasteiger partial charge is 0.168 e. The molecule has 0 saturated carbocycles. The Morgan fingerprint density at radius 2 is 1.69 bits per heavy atom. The molecule has 1 N–H and O–H groups in total. The van der Waals surface area contributed by atoms with E-state index in [0.717, 1.165) is 12.0 Å². The average Bonchev–Trinajstić information content (AvgIpc) is 2.34. The van der Waals surface area contributed by atoms with Crippen LogP contribution in [0.1, 0.15) is 51.0 Å². The van der Waals surface area contributed by atoms with E-state index in [-0.39, 0.29) is 0 Å². The summed E-state index contributed by atoms with van der Waals surface area (Å²) in [5, 5.41) is 8.69. The molecule has 0 aliphatic carbocycles. The van der Waals surface area contributed by atoms with Crippen molar-refractivity contribution in [1.29, 1.82) is 0 Å². The second kappa shape index (κ2) is 8.17. The average molecular weight is 222 g/mol. The Morgan fingerprint density at radius 1 is 1.00 bits per heavy atom. The molecule has 0 aromatic heterocycles. The Labute approximate surface area is 98.2 Å². The third-order valence-corrected chi connectivity index (χ3v) is 2.87. The largest absolute Gasteiger partial charge is 0.340 e. The predicted molar refractivity (Wildman–Crippen MR) is 66.8 cm³/mol. The van der Waals surface area contributed by atoms with Crippen molar-refractivity contribution in [2.45, 2.75) is 51.9 Å². The van der Waals surface area contributed by atoms with Crippen molar-refractivity contribution in [3.8, 4) is 5.75 Å². The van der Waals surface area contributed by atoms with E-state index in [0.29, 0.717) is 5.75 Å². The molecular formula is C14H22O2. The van der Waals surface area contributed by atoms with Gasteiger partial charge in [0.2, 0.25) is 0 Å². The molecule has 0 fully saturated rings. The molecule has 1 rings (SSSR count). The molecule has 0 spiro atoms. The summed E-state index contributed by atoms with van der Waals surface area (Å²) >= 11 is 0. The fourth-order valence-corrected chi connectivity index (χ4v) is 1.90. The van der Waals surface area contributed by atoms with Gasteiger partial charge in [0.1, 0.15) is 0 Å². The van der Waals surface area contributed by atoms with E-state index in [9.17, 15) is 0 Å². The van der Waals surface area contributed by atoms with Crippen LogP contribution < -0.4 is 4.89 Å². The summed E-state index contributed by atoms with van der Waals surface area (Å²) in [5.41, 5.74) is 1.10. The van der Waals surface area contributed by atoms with Gasteiger partial charge in [-0.05, 0) is 24.5 Å². The number of aryl methyl sites for hydroxylation is 1. The summed E-state index contributed by atoms with van der Waals surface area (Å²) in [6.07, 6.45) is 8.72. The normalized spacial score (nSPS) is 10.4. The Balaban J connectivity index is 2.21. The van der Waals surface area contributed by atoms with E-state index in [2.05, 4.69) is 11.8 Å². The third kappa shape index (κ3) is 4.67. The third-order valence-electron chi connectivity index (χ3n) is 2.87. The molecule has 0 atom stereocenters. The minimum atomic E-state index is 0.594. The van der Waals surface area contributed by atoms with E-state index in [4.69, 9.17) is 5.26 Å². The van der Waals surface area contributed by atoms with Crippen molar-refractivity contribution >= 4 is 0 Å². The Morgan fingerprint density at radius 3 is 2.44 bits per heavy atom. The number of rotatable bonds is 8. The minimum Gasteiger partial charge on any atom is -0.340 e. The van der Waals surface area contributed by atoms with Crippen molar-refractivity contribution in [2.24, 2.45) is 0 Å². The summed E-state index contributed by atoms with van der Waals surface area (Å²) < 4.78 is 0. The van der Waals surface area contributed by atoms with E-state index in [1.807, 2.05) is 18.2 Å². The van der Waals surface area contributed by atoms with Crippen LogP contribution in [0.25, 0.3) is 0 Å². The first-order valence-corrected chi connectivity index (χ1v) is 6.27. The zero-order valence-electron chi connectivity index (χ0n) is 10.1. The Kier molecular flexibility index (Phi) is 6.66. The minimum absolute atomic E-state index is 0.594. The lowest BCUT2D eigenvalue weighted by atomic mass is 10.0. The Hall–Kier alpha value is -1.02. The molecule has 2 nitrogen and oxygen atoms in total. The van der Waals surface area contributed by atoms with Crippen LogP contribution in [0.5, 0.6) is 5.75 Å². The van der Waals surface area contributed by atoms with Crippen molar-refractivity contribution in [1.82, 2.24) is 0 Å². The molecule has 90 valence electrons. The topological polar surface area (TPSA) is 29.5 Å². The summed E-state index contributed by atoms with van der Waals surface area (Å²) in [7, 11) is 0. The van der Waals surface area contributed by atoms with Gasteiger partial charge in [0.05, 0.1) is 0 Å². The number of hydrogen-bond donors (Lipinski definition) is 1. The molecule has 0 heterocycles. The van der Waals surface area contributed by atoms with Crippen molar-refractivity contribution in [3.63, 3.8) is 0 Å². The predicted octanol–water partition coefficient (Wildman–Crippen LogP) is 4.44. The number of unbranched alkanes of at least 4 members (excludes halogenated alkanes) is 5. The van der Waals surface area contributed by atoms with Gasteiger partial charge in [-0.25, -0.2) is 5.26 Å². The van der Waals surface area contributed by atoms with Gasteiger partial charge in [0, 0.05) is 0 Å². The van der Waals surface area contributed by atoms with Crippen LogP contribution in [0.4, 0.5) is 0 Å². The summed E-state index contributed by atoms with van der Waals surface area (Å²) in [6.45, 7) is 2.23. The molecule has 0 aliphatic heterocycles. The van der Waals surface area contributed by atoms with Gasteiger partial charge in [-0.15, -0.1) is 0 Å². The zero-order chi connectivity index (χ0) is 11.6. The lowest BCUT2D eigenvalue weighted by Crippen LogP contribution is -1.92. The zero-order valence-corrected chi connectivity index (χ0v) is 10.1. The quantitative estimate of drug-likeness (QED) is 0.400. The van der Waals surface area contributed by atoms with Crippen molar-refractivity contribution in [2.75, 3.05) is 0 Å². The molecule has 0 radical (unpaired) electrons. The van der Waals surface area contributed by atoms with Gasteiger partial charge in [-0.3, -0.25) is 0 Å². The lowest BCUT2D eigenvalue weighted by molar-refractivity contribution is -0.138. The second-order valence-electron chi connectivity index (χ2n) is 4.22. The highest BCUT2D eigenvalue weighted by atomic mass is 17.1. The van der Waals surface area contributed by atoms with Gasteiger partial charge in [-0.2, -0.15) is 0 Å². The number of hydrogen-bond acceptors (Lipinski definition) is 2. The summed E-state index contributed by atoms with van der Waals surface area (Å²) in [4.78, 5) is 4.34. The second-order valence-corrected chi connectivity index (χ2v) is 4.22. The van der Waals surface area contributed by atoms with Gasteiger partial charge in [0.25, 0.3) is 0 Å². The number of para-hydroxylation sites is 1. The van der Waals surface area contributed by atoms with Crippen LogP contribution >= 0.6 is 0 Å². The molecule has 0 amide bonds. The van der Waals surface area contributed by atoms with Crippen molar-refractivity contribution < 1.29 is 10.1 Å². The molecule has 16 heavy (non-hydrogen) atoms. The highest BCUT2D eigenvalue weighted by Gasteiger charge is 2.01. The molecular weight excluding hydrogens is 200 g/mol. The monoisotopic (exact) mass is 222 g/mol. The maximum Gasteiger partial charge on any atom is 0.168 e. The maximum absolute atomic E-state index is 8.69. The molecule has 0 aliphatic rings. The van der Waals surface area contributed by atoms with Gasteiger partial charge in [0.15, 0.2) is 5.75 Å². The summed E-state index contributed by atoms with van der Waals surface area (Å²) in [5.74, 6) is 0.594. The first kappa shape index (κ1) is 13.0. The van der Waals surface area contributed by atoms with Gasteiger partial charge >= 0.3 is 0 Å². The highest BCUT2D eigenvalue weighted by Crippen LogP contribution is 2.19. The molecule has 1 aromatic carbocycles. The first-order chi connectivity index (χ1) is 7.88. The molecule has 0 saturated heterocycles. The lowest BCUT2D eigenvalue weighted by Gasteiger charge is -2.05.